The molecule has 0 bridgehead atoms. The van der Waals surface area contributed by atoms with E-state index in [1.807, 2.05) is 0 Å². The number of hydrogen-bond donors (Lipinski definition) is 0. The van der Waals surface area contributed by atoms with Crippen molar-refractivity contribution in [2.45, 2.75) is 50.2 Å². The predicted molar refractivity (Wildman–Crippen MR) is 139 cm³/mol. The Hall–Kier alpha value is -3.10. The lowest BCUT2D eigenvalue weighted by Gasteiger charge is -2.31. The number of rotatable bonds is 4. The van der Waals surface area contributed by atoms with Crippen LogP contribution in [0.5, 0.6) is 0 Å². The van der Waals surface area contributed by atoms with Crippen molar-refractivity contribution in [3.63, 3.8) is 0 Å². The second kappa shape index (κ2) is 9.03. The first-order valence-corrected chi connectivity index (χ1v) is 12.1. The Morgan fingerprint density at radius 3 is 2.15 bits per heavy atom. The van der Waals surface area contributed by atoms with Crippen LogP contribution in [0.15, 0.2) is 109 Å². The quantitative estimate of drug-likeness (QED) is 0.400. The van der Waals surface area contributed by atoms with E-state index in [-0.39, 0.29) is 17.6 Å². The van der Waals surface area contributed by atoms with Crippen molar-refractivity contribution in [2.75, 3.05) is 11.9 Å². The molecule has 0 radical (unpaired) electrons. The molecule has 3 atom stereocenters. The molecule has 1 N–H and O–H groups in total. The van der Waals surface area contributed by atoms with E-state index in [9.17, 15) is 0 Å². The first-order chi connectivity index (χ1) is 16.0. The minimum absolute atomic E-state index is 0.00145. The highest BCUT2D eigenvalue weighted by atomic mass is 16.5. The van der Waals surface area contributed by atoms with Gasteiger partial charge < -0.3 is 9.64 Å². The van der Waals surface area contributed by atoms with Gasteiger partial charge in [-0.05, 0) is 35.3 Å². The lowest BCUT2D eigenvalue weighted by Crippen LogP contribution is -2.29. The Balaban J connectivity index is 1.40. The number of benzene rings is 3. The van der Waals surface area contributed by atoms with Crippen molar-refractivity contribution in [1.29, 1.82) is 0 Å². The van der Waals surface area contributed by atoms with E-state index >= 15 is 0 Å². The van der Waals surface area contributed by atoms with Crippen LogP contribution < -0.4 is 4.90 Å². The summed E-state index contributed by atoms with van der Waals surface area (Å²) in [6.45, 7) is 4.63. The molecule has 5 rings (SSSR count). The van der Waals surface area contributed by atoms with Crippen molar-refractivity contribution in [3.8, 4) is 0 Å². The molecular weight excluding hydrogens is 402 g/mol. The highest BCUT2D eigenvalue weighted by Crippen LogP contribution is 2.46. The molecule has 1 fully saturated rings. The largest absolute Gasteiger partial charge is 0.423 e. The Bertz CT molecular complexity index is 1100. The summed E-state index contributed by atoms with van der Waals surface area (Å²) in [5.41, 5.74) is 6.77. The third-order valence-corrected chi connectivity index (χ3v) is 7.39. The summed E-state index contributed by atoms with van der Waals surface area (Å²) in [5, 5.41) is 0. The van der Waals surface area contributed by atoms with E-state index in [2.05, 4.69) is 129 Å². The SMILES string of the molecule is CN1/C(=C/C=C/C2CC(c3ccccc3)CC(c3ccccc3)[OH+]2)C(C)(C)c2ccccc21. The fourth-order valence-corrected chi connectivity index (χ4v) is 5.61. The summed E-state index contributed by atoms with van der Waals surface area (Å²) < 4.78 is 5.26. The van der Waals surface area contributed by atoms with Crippen LogP contribution in [0, 0.1) is 0 Å². The number of anilines is 1. The Morgan fingerprint density at radius 1 is 0.818 bits per heavy atom. The van der Waals surface area contributed by atoms with Crippen LogP contribution in [0.25, 0.3) is 0 Å². The van der Waals surface area contributed by atoms with Gasteiger partial charge in [-0.15, -0.1) is 0 Å². The van der Waals surface area contributed by atoms with Gasteiger partial charge in [0.2, 0.25) is 0 Å². The maximum Gasteiger partial charge on any atom is 0.182 e. The Kier molecular flexibility index (Phi) is 5.95. The molecule has 3 aromatic rings. The van der Waals surface area contributed by atoms with Crippen LogP contribution in [0.2, 0.25) is 0 Å². The number of aliphatic hydroxyl groups is 2. The number of allylic oxidation sites excluding steroid dienone is 3. The second-order valence-corrected chi connectivity index (χ2v) is 9.86. The number of nitrogens with zero attached hydrogens (tertiary/aromatic N) is 1. The molecule has 0 spiro atoms. The van der Waals surface area contributed by atoms with Gasteiger partial charge in [0.05, 0.1) is 0 Å². The highest BCUT2D eigenvalue weighted by Gasteiger charge is 2.38. The summed E-state index contributed by atoms with van der Waals surface area (Å²) in [6, 6.07) is 30.5. The topological polar surface area (TPSA) is 16.0 Å². The third-order valence-electron chi connectivity index (χ3n) is 7.39. The van der Waals surface area contributed by atoms with Crippen molar-refractivity contribution < 1.29 is 4.74 Å². The van der Waals surface area contributed by atoms with Gasteiger partial charge in [0.15, 0.2) is 12.2 Å². The van der Waals surface area contributed by atoms with Gasteiger partial charge in [0.25, 0.3) is 0 Å². The normalized spacial score (nSPS) is 25.5. The van der Waals surface area contributed by atoms with Gasteiger partial charge in [-0.2, -0.15) is 0 Å². The smallest absolute Gasteiger partial charge is 0.182 e. The van der Waals surface area contributed by atoms with Crippen molar-refractivity contribution in [2.24, 2.45) is 0 Å². The van der Waals surface area contributed by atoms with Gasteiger partial charge in [-0.1, -0.05) is 98.8 Å². The molecule has 0 saturated carbocycles. The molecular formula is C31H34NO+. The van der Waals surface area contributed by atoms with Crippen LogP contribution in [-0.4, -0.2) is 17.9 Å². The standard InChI is InChI=1S/C31H33NO/c1-31(2)27-18-10-11-19-28(27)32(3)30(31)20-12-17-26-21-25(23-13-6-4-7-14-23)22-29(33-26)24-15-8-5-9-16-24/h4-20,25-26,29H,21-22H2,1-3H3/p+1/b17-12+,30-20+. The van der Waals surface area contributed by atoms with E-state index in [4.69, 9.17) is 4.74 Å². The molecule has 168 valence electrons. The molecule has 2 nitrogen and oxygen atoms in total. The minimum Gasteiger partial charge on any atom is -0.423 e. The molecule has 3 aromatic carbocycles. The van der Waals surface area contributed by atoms with Crippen LogP contribution >= 0.6 is 0 Å². The average molecular weight is 437 g/mol. The second-order valence-electron chi connectivity index (χ2n) is 9.86. The van der Waals surface area contributed by atoms with Crippen LogP contribution in [0.3, 0.4) is 0 Å². The lowest BCUT2D eigenvalue weighted by atomic mass is 9.83. The van der Waals surface area contributed by atoms with Gasteiger partial charge in [-0.25, -0.2) is 0 Å². The van der Waals surface area contributed by atoms with Crippen molar-refractivity contribution in [3.05, 3.63) is 126 Å². The van der Waals surface area contributed by atoms with Crippen molar-refractivity contribution in [1.82, 2.24) is 0 Å². The summed E-state index contributed by atoms with van der Waals surface area (Å²) in [5.74, 6) is 0.519. The molecule has 2 heteroatoms. The molecule has 0 aliphatic carbocycles. The van der Waals surface area contributed by atoms with E-state index in [1.165, 1.54) is 28.1 Å². The van der Waals surface area contributed by atoms with E-state index < -0.39 is 0 Å². The first-order valence-electron chi connectivity index (χ1n) is 12.1. The number of likely N-dealkylation sites (N-methyl/N-ethyl adjacent to an activating group) is 1. The van der Waals surface area contributed by atoms with E-state index in [0.29, 0.717) is 5.92 Å². The number of para-hydroxylation sites is 1. The van der Waals surface area contributed by atoms with Gasteiger partial charge in [-0.3, -0.25) is 0 Å². The molecule has 3 unspecified atom stereocenters. The monoisotopic (exact) mass is 436 g/mol. The van der Waals surface area contributed by atoms with E-state index in [0.717, 1.165) is 12.8 Å². The van der Waals surface area contributed by atoms with Gasteiger partial charge >= 0.3 is 0 Å². The van der Waals surface area contributed by atoms with E-state index in [1.54, 1.807) is 0 Å². The van der Waals surface area contributed by atoms with Crippen LogP contribution in [0.1, 0.15) is 55.4 Å². The Morgan fingerprint density at radius 2 is 1.45 bits per heavy atom. The number of ether oxygens (including phenoxy) is 1. The summed E-state index contributed by atoms with van der Waals surface area (Å²) in [4.78, 5) is 2.33. The molecule has 0 aromatic heterocycles. The maximum absolute atomic E-state index is 5.26. The molecule has 1 saturated heterocycles. The van der Waals surface area contributed by atoms with Gasteiger partial charge in [0.1, 0.15) is 0 Å². The average Bonchev–Trinajstić information content (AvgIpc) is 3.05. The third kappa shape index (κ3) is 4.28. The molecule has 0 amide bonds. The zero-order valence-corrected chi connectivity index (χ0v) is 19.9. The van der Waals surface area contributed by atoms with Crippen LogP contribution in [0.4, 0.5) is 5.69 Å². The lowest BCUT2D eigenvalue weighted by molar-refractivity contribution is -0.175. The molecule has 2 aliphatic heterocycles. The zero-order chi connectivity index (χ0) is 22.8. The van der Waals surface area contributed by atoms with Crippen molar-refractivity contribution >= 4 is 5.69 Å². The summed E-state index contributed by atoms with van der Waals surface area (Å²) in [7, 11) is 2.18. The summed E-state index contributed by atoms with van der Waals surface area (Å²) >= 11 is 0. The van der Waals surface area contributed by atoms with Crippen LogP contribution in [-0.2, 0) is 5.41 Å². The number of fused-ring (bicyclic) bond motifs is 1. The zero-order valence-electron chi connectivity index (χ0n) is 19.9. The first kappa shape index (κ1) is 21.7. The predicted octanol–water partition coefficient (Wildman–Crippen LogP) is 7.07. The van der Waals surface area contributed by atoms with Gasteiger partial charge in [0, 0.05) is 42.3 Å². The number of hydrogen-bond acceptors (Lipinski definition) is 1. The fourth-order valence-electron chi connectivity index (χ4n) is 5.61. The molecule has 33 heavy (non-hydrogen) atoms. The summed E-state index contributed by atoms with van der Waals surface area (Å²) in [6.07, 6.45) is 9.43. The molecule has 2 aliphatic rings. The minimum atomic E-state index is -0.00145. The maximum atomic E-state index is 5.26. The fraction of sp³-hybridized carbons (Fsp3) is 0.290. The highest BCUT2D eigenvalue weighted by molar-refractivity contribution is 5.70. The molecule has 2 heterocycles. The Labute approximate surface area is 198 Å².